The van der Waals surface area contributed by atoms with E-state index in [9.17, 15) is 0 Å². The van der Waals surface area contributed by atoms with Crippen LogP contribution in [0.4, 0.5) is 0 Å². The van der Waals surface area contributed by atoms with Crippen LogP contribution in [0.2, 0.25) is 0 Å². The van der Waals surface area contributed by atoms with E-state index in [1.165, 1.54) is 51.5 Å². The van der Waals surface area contributed by atoms with Gasteiger partial charge in [0.05, 0.1) is 0 Å². The third-order valence-corrected chi connectivity index (χ3v) is 3.12. The van der Waals surface area contributed by atoms with Crippen molar-refractivity contribution in [2.75, 3.05) is 6.54 Å². The lowest BCUT2D eigenvalue weighted by Crippen LogP contribution is -2.35. The summed E-state index contributed by atoms with van der Waals surface area (Å²) in [5.74, 6) is 0. The summed E-state index contributed by atoms with van der Waals surface area (Å²) in [6.07, 6.45) is 12.1. The van der Waals surface area contributed by atoms with Gasteiger partial charge < -0.3 is 5.32 Å². The number of nitrogens with one attached hydrogen (secondary N) is 1. The van der Waals surface area contributed by atoms with Gasteiger partial charge in [0.2, 0.25) is 0 Å². The van der Waals surface area contributed by atoms with Crippen LogP contribution in [-0.2, 0) is 0 Å². The summed E-state index contributed by atoms with van der Waals surface area (Å²) in [6, 6.07) is 0.868. The minimum absolute atomic E-state index is 0.868. The third-order valence-electron chi connectivity index (χ3n) is 3.12. The van der Waals surface area contributed by atoms with Gasteiger partial charge in [-0.05, 0) is 45.1 Å². The monoisotopic (exact) mass is 165 g/mol. The second kappa shape index (κ2) is 4.08. The van der Waals surface area contributed by atoms with Crippen molar-refractivity contribution >= 4 is 0 Å². The maximum Gasteiger partial charge on any atom is 0.00672 e. The first-order valence-corrected chi connectivity index (χ1v) is 5.36. The first-order valence-electron chi connectivity index (χ1n) is 5.36. The Kier molecular flexibility index (Phi) is 2.83. The largest absolute Gasteiger partial charge is 0.314 e. The van der Waals surface area contributed by atoms with Gasteiger partial charge >= 0.3 is 0 Å². The van der Waals surface area contributed by atoms with Gasteiger partial charge in [0.1, 0.15) is 0 Å². The Morgan fingerprint density at radius 3 is 2.83 bits per heavy atom. The summed E-state index contributed by atoms with van der Waals surface area (Å²) >= 11 is 0. The van der Waals surface area contributed by atoms with Crippen LogP contribution in [0.15, 0.2) is 11.6 Å². The molecule has 2 rings (SSSR count). The normalized spacial score (nSPS) is 23.8. The molecule has 0 bridgehead atoms. The summed E-state index contributed by atoms with van der Waals surface area (Å²) in [6.45, 7) is 1.22. The van der Waals surface area contributed by atoms with E-state index in [0.717, 1.165) is 6.04 Å². The molecule has 0 aromatic carbocycles. The van der Waals surface area contributed by atoms with E-state index >= 15 is 0 Å². The van der Waals surface area contributed by atoms with E-state index in [4.69, 9.17) is 0 Å². The van der Waals surface area contributed by atoms with Crippen LogP contribution >= 0.6 is 0 Å². The summed E-state index contributed by atoms with van der Waals surface area (Å²) < 4.78 is 0. The van der Waals surface area contributed by atoms with Crippen LogP contribution in [0, 0.1) is 0 Å². The average molecular weight is 165 g/mol. The molecule has 0 heterocycles. The standard InChI is InChI=1S/C11H19N/c1-2-5-10(4-1)8-9-12-11-6-3-7-11/h4,11-12H,1-3,5-9H2. The van der Waals surface area contributed by atoms with Gasteiger partial charge in [0.15, 0.2) is 0 Å². The van der Waals surface area contributed by atoms with E-state index in [0.29, 0.717) is 0 Å². The van der Waals surface area contributed by atoms with Crippen LogP contribution in [0.25, 0.3) is 0 Å². The van der Waals surface area contributed by atoms with Gasteiger partial charge in [0, 0.05) is 6.04 Å². The maximum absolute atomic E-state index is 3.61. The van der Waals surface area contributed by atoms with Crippen molar-refractivity contribution in [3.8, 4) is 0 Å². The summed E-state index contributed by atoms with van der Waals surface area (Å²) in [5.41, 5.74) is 1.70. The van der Waals surface area contributed by atoms with Gasteiger partial charge in [-0.25, -0.2) is 0 Å². The lowest BCUT2D eigenvalue weighted by atomic mass is 9.93. The average Bonchev–Trinajstić information content (AvgIpc) is 2.46. The van der Waals surface area contributed by atoms with E-state index < -0.39 is 0 Å². The number of hydrogen-bond acceptors (Lipinski definition) is 1. The van der Waals surface area contributed by atoms with Crippen LogP contribution in [0.1, 0.15) is 44.9 Å². The molecule has 12 heavy (non-hydrogen) atoms. The molecular weight excluding hydrogens is 146 g/mol. The van der Waals surface area contributed by atoms with Gasteiger partial charge in [-0.15, -0.1) is 0 Å². The van der Waals surface area contributed by atoms with Gasteiger partial charge in [-0.2, -0.15) is 0 Å². The molecule has 0 spiro atoms. The van der Waals surface area contributed by atoms with Crippen LogP contribution < -0.4 is 5.32 Å². The number of rotatable bonds is 4. The topological polar surface area (TPSA) is 12.0 Å². The second-order valence-corrected chi connectivity index (χ2v) is 4.09. The van der Waals surface area contributed by atoms with Gasteiger partial charge in [-0.3, -0.25) is 0 Å². The van der Waals surface area contributed by atoms with Crippen molar-refractivity contribution in [2.24, 2.45) is 0 Å². The highest BCUT2D eigenvalue weighted by atomic mass is 14.9. The molecule has 1 N–H and O–H groups in total. The fourth-order valence-corrected chi connectivity index (χ4v) is 2.01. The Morgan fingerprint density at radius 2 is 2.25 bits per heavy atom. The highest BCUT2D eigenvalue weighted by Crippen LogP contribution is 2.21. The lowest BCUT2D eigenvalue weighted by Gasteiger charge is -2.26. The molecular formula is C11H19N. The van der Waals surface area contributed by atoms with Crippen molar-refractivity contribution < 1.29 is 0 Å². The molecule has 1 saturated carbocycles. The molecule has 0 aromatic rings. The fraction of sp³-hybridized carbons (Fsp3) is 0.818. The number of hydrogen-bond donors (Lipinski definition) is 1. The van der Waals surface area contributed by atoms with Crippen molar-refractivity contribution in [2.45, 2.75) is 51.0 Å². The molecule has 0 atom stereocenters. The molecule has 2 aliphatic carbocycles. The molecule has 0 radical (unpaired) electrons. The molecule has 1 nitrogen and oxygen atoms in total. The Bertz CT molecular complexity index is 168. The summed E-state index contributed by atoms with van der Waals surface area (Å²) in [4.78, 5) is 0. The lowest BCUT2D eigenvalue weighted by molar-refractivity contribution is 0.341. The molecule has 0 unspecified atom stereocenters. The van der Waals surface area contributed by atoms with Crippen molar-refractivity contribution in [3.05, 3.63) is 11.6 Å². The fourth-order valence-electron chi connectivity index (χ4n) is 2.01. The zero-order valence-corrected chi connectivity index (χ0v) is 7.81. The quantitative estimate of drug-likeness (QED) is 0.631. The molecule has 0 saturated heterocycles. The van der Waals surface area contributed by atoms with E-state index in [1.807, 2.05) is 0 Å². The molecule has 1 fully saturated rings. The maximum atomic E-state index is 3.61. The van der Waals surface area contributed by atoms with Crippen LogP contribution in [-0.4, -0.2) is 12.6 Å². The zero-order valence-electron chi connectivity index (χ0n) is 7.81. The second-order valence-electron chi connectivity index (χ2n) is 4.09. The third kappa shape index (κ3) is 2.10. The van der Waals surface area contributed by atoms with Crippen LogP contribution in [0.5, 0.6) is 0 Å². The Morgan fingerprint density at radius 1 is 1.33 bits per heavy atom. The minimum Gasteiger partial charge on any atom is -0.314 e. The van der Waals surface area contributed by atoms with Crippen molar-refractivity contribution in [1.82, 2.24) is 5.32 Å². The highest BCUT2D eigenvalue weighted by molar-refractivity contribution is 5.07. The zero-order chi connectivity index (χ0) is 8.23. The van der Waals surface area contributed by atoms with Crippen LogP contribution in [0.3, 0.4) is 0 Å². The molecule has 1 heteroatoms. The van der Waals surface area contributed by atoms with E-state index in [2.05, 4.69) is 11.4 Å². The Hall–Kier alpha value is -0.300. The minimum atomic E-state index is 0.868. The van der Waals surface area contributed by atoms with Crippen molar-refractivity contribution in [1.29, 1.82) is 0 Å². The summed E-state index contributed by atoms with van der Waals surface area (Å²) in [5, 5.41) is 3.61. The van der Waals surface area contributed by atoms with Crippen molar-refractivity contribution in [3.63, 3.8) is 0 Å². The molecule has 68 valence electrons. The SMILES string of the molecule is C1=C(CCNC2CCC2)CCC1. The summed E-state index contributed by atoms with van der Waals surface area (Å²) in [7, 11) is 0. The Balaban J connectivity index is 1.55. The van der Waals surface area contributed by atoms with Gasteiger partial charge in [-0.1, -0.05) is 18.1 Å². The molecule has 0 amide bonds. The first kappa shape index (κ1) is 8.31. The van der Waals surface area contributed by atoms with Gasteiger partial charge in [0.25, 0.3) is 0 Å². The smallest absolute Gasteiger partial charge is 0.00672 e. The first-order chi connectivity index (χ1) is 5.95. The molecule has 2 aliphatic rings. The predicted octanol–water partition coefficient (Wildman–Crippen LogP) is 2.63. The molecule has 0 aromatic heterocycles. The predicted molar refractivity (Wildman–Crippen MR) is 52.2 cm³/mol. The Labute approximate surface area is 75.2 Å². The van der Waals surface area contributed by atoms with E-state index in [1.54, 1.807) is 5.57 Å². The highest BCUT2D eigenvalue weighted by Gasteiger charge is 2.15. The number of allylic oxidation sites excluding steroid dienone is 1. The molecule has 0 aliphatic heterocycles. The van der Waals surface area contributed by atoms with E-state index in [-0.39, 0.29) is 0 Å².